The third-order valence-electron chi connectivity index (χ3n) is 1.42. The van der Waals surface area contributed by atoms with Gasteiger partial charge in [-0.25, -0.2) is 4.21 Å². The van der Waals surface area contributed by atoms with Crippen molar-refractivity contribution in [3.8, 4) is 5.75 Å². The minimum atomic E-state index is -2.99. The normalized spacial score (nSPS) is 13.7. The van der Waals surface area contributed by atoms with E-state index in [0.717, 1.165) is 6.08 Å². The lowest BCUT2D eigenvalue weighted by atomic mass is 10.3. The Bertz CT molecular complexity index is 473. The van der Waals surface area contributed by atoms with E-state index in [0.29, 0.717) is 5.75 Å². The van der Waals surface area contributed by atoms with E-state index in [1.807, 2.05) is 0 Å². The standard InChI is InChI=1S/C10H11NO3S/c1-3-10(12)11-15(2,13)14-9-7-5-4-6-8-9/h3-8H,1H2,2H3. The highest BCUT2D eigenvalue weighted by Gasteiger charge is 2.05. The van der Waals surface area contributed by atoms with Crippen LogP contribution in [0.25, 0.3) is 0 Å². The van der Waals surface area contributed by atoms with Gasteiger partial charge >= 0.3 is 0 Å². The molecule has 0 aliphatic carbocycles. The maximum atomic E-state index is 11.7. The summed E-state index contributed by atoms with van der Waals surface area (Å²) in [5.41, 5.74) is 0. The lowest BCUT2D eigenvalue weighted by Crippen LogP contribution is -2.08. The molecule has 1 aromatic carbocycles. The monoisotopic (exact) mass is 225 g/mol. The van der Waals surface area contributed by atoms with Gasteiger partial charge in [0.05, 0.1) is 6.26 Å². The van der Waals surface area contributed by atoms with E-state index < -0.39 is 15.9 Å². The molecule has 0 aliphatic rings. The number of carbonyl (C=O) groups excluding carboxylic acids is 1. The molecule has 0 aliphatic heterocycles. The van der Waals surface area contributed by atoms with Crippen LogP contribution in [0.3, 0.4) is 0 Å². The van der Waals surface area contributed by atoms with Gasteiger partial charge < -0.3 is 4.18 Å². The molecule has 15 heavy (non-hydrogen) atoms. The van der Waals surface area contributed by atoms with Gasteiger partial charge in [0.15, 0.2) is 0 Å². The van der Waals surface area contributed by atoms with Crippen LogP contribution in [0.15, 0.2) is 47.3 Å². The van der Waals surface area contributed by atoms with Gasteiger partial charge in [0.1, 0.15) is 5.75 Å². The molecule has 1 atom stereocenters. The first-order chi connectivity index (χ1) is 7.03. The molecule has 0 spiro atoms. The molecular formula is C10H11NO3S. The van der Waals surface area contributed by atoms with Crippen LogP contribution in [-0.4, -0.2) is 16.4 Å². The average molecular weight is 225 g/mol. The summed E-state index contributed by atoms with van der Waals surface area (Å²) in [6.45, 7) is 3.23. The smallest absolute Gasteiger partial charge is 0.279 e. The number of rotatable bonds is 3. The minimum absolute atomic E-state index is 0.408. The first kappa shape index (κ1) is 11.5. The highest BCUT2D eigenvalue weighted by atomic mass is 32.2. The van der Waals surface area contributed by atoms with Crippen LogP contribution in [0.1, 0.15) is 0 Å². The van der Waals surface area contributed by atoms with Crippen molar-refractivity contribution >= 4 is 15.9 Å². The van der Waals surface area contributed by atoms with E-state index >= 15 is 0 Å². The Morgan fingerprint density at radius 3 is 2.60 bits per heavy atom. The second-order valence-corrected chi connectivity index (χ2v) is 4.58. The highest BCUT2D eigenvalue weighted by molar-refractivity contribution is 7.88. The van der Waals surface area contributed by atoms with E-state index in [9.17, 15) is 9.00 Å². The number of hydrogen-bond donors (Lipinski definition) is 0. The zero-order valence-electron chi connectivity index (χ0n) is 8.25. The van der Waals surface area contributed by atoms with Gasteiger partial charge in [-0.1, -0.05) is 24.8 Å². The van der Waals surface area contributed by atoms with E-state index in [1.165, 1.54) is 6.26 Å². The summed E-state index contributed by atoms with van der Waals surface area (Å²) >= 11 is 0. The van der Waals surface area contributed by atoms with Crippen LogP contribution in [0, 0.1) is 0 Å². The molecule has 0 aromatic heterocycles. The molecule has 4 nitrogen and oxygen atoms in total. The Hall–Kier alpha value is -1.62. The van der Waals surface area contributed by atoms with Gasteiger partial charge in [0.2, 0.25) is 10.0 Å². The average Bonchev–Trinajstić information content (AvgIpc) is 2.17. The zero-order chi connectivity index (χ0) is 11.3. The molecule has 0 N–H and O–H groups in total. The van der Waals surface area contributed by atoms with Crippen molar-refractivity contribution in [2.24, 2.45) is 4.36 Å². The van der Waals surface area contributed by atoms with Gasteiger partial charge in [0, 0.05) is 0 Å². The second kappa shape index (κ2) is 4.75. The number of carbonyl (C=O) groups is 1. The fraction of sp³-hybridized carbons (Fsp3) is 0.100. The van der Waals surface area contributed by atoms with E-state index in [-0.39, 0.29) is 0 Å². The van der Waals surface area contributed by atoms with Crippen LogP contribution in [0.5, 0.6) is 5.75 Å². The molecule has 5 heteroatoms. The molecule has 1 amide bonds. The number of hydrogen-bond acceptors (Lipinski definition) is 3. The topological polar surface area (TPSA) is 55.7 Å². The quantitative estimate of drug-likeness (QED) is 0.737. The summed E-state index contributed by atoms with van der Waals surface area (Å²) in [6, 6.07) is 8.55. The maximum absolute atomic E-state index is 11.7. The Balaban J connectivity index is 2.91. The molecular weight excluding hydrogens is 214 g/mol. The molecule has 0 fully saturated rings. The van der Waals surface area contributed by atoms with Crippen LogP contribution in [-0.2, 0) is 14.8 Å². The SMILES string of the molecule is C=CC(=O)N=S(C)(=O)Oc1ccccc1. The number of amides is 1. The van der Waals surface area contributed by atoms with Crippen molar-refractivity contribution < 1.29 is 13.2 Å². The molecule has 0 saturated carbocycles. The number of benzene rings is 1. The second-order valence-electron chi connectivity index (χ2n) is 2.76. The van der Waals surface area contributed by atoms with E-state index in [2.05, 4.69) is 10.9 Å². The minimum Gasteiger partial charge on any atom is -0.396 e. The predicted octanol–water partition coefficient (Wildman–Crippen LogP) is 1.79. The third-order valence-corrected chi connectivity index (χ3v) is 2.44. The maximum Gasteiger partial charge on any atom is 0.279 e. The summed E-state index contributed by atoms with van der Waals surface area (Å²) in [5, 5.41) is 0. The van der Waals surface area contributed by atoms with Gasteiger partial charge in [-0.3, -0.25) is 4.79 Å². The fourth-order valence-electron chi connectivity index (χ4n) is 0.874. The van der Waals surface area contributed by atoms with Gasteiger partial charge in [-0.15, -0.1) is 4.36 Å². The third kappa shape index (κ3) is 3.95. The van der Waals surface area contributed by atoms with Gasteiger partial charge in [-0.2, -0.15) is 0 Å². The van der Waals surface area contributed by atoms with Crippen molar-refractivity contribution in [2.75, 3.05) is 6.26 Å². The summed E-state index contributed by atoms with van der Waals surface area (Å²) < 4.78 is 20.1. The Morgan fingerprint density at radius 1 is 1.47 bits per heavy atom. The van der Waals surface area contributed by atoms with Crippen LogP contribution >= 0.6 is 0 Å². The molecule has 80 valence electrons. The zero-order valence-corrected chi connectivity index (χ0v) is 9.07. The van der Waals surface area contributed by atoms with E-state index in [1.54, 1.807) is 30.3 Å². The fourth-order valence-corrected chi connectivity index (χ4v) is 1.78. The van der Waals surface area contributed by atoms with Gasteiger partial charge in [-0.05, 0) is 18.2 Å². The Labute approximate surface area is 89.0 Å². The molecule has 1 aromatic rings. The molecule has 1 unspecified atom stereocenters. The van der Waals surface area contributed by atoms with Gasteiger partial charge in [0.25, 0.3) is 5.91 Å². The molecule has 1 rings (SSSR count). The summed E-state index contributed by atoms with van der Waals surface area (Å²) in [5.74, 6) is -0.246. The largest absolute Gasteiger partial charge is 0.396 e. The van der Waals surface area contributed by atoms with Crippen LogP contribution in [0.2, 0.25) is 0 Å². The number of para-hydroxylation sites is 1. The molecule has 0 radical (unpaired) electrons. The van der Waals surface area contributed by atoms with Crippen molar-refractivity contribution in [3.05, 3.63) is 43.0 Å². The van der Waals surface area contributed by atoms with Crippen LogP contribution in [0.4, 0.5) is 0 Å². The lowest BCUT2D eigenvalue weighted by Gasteiger charge is -2.05. The number of nitrogens with zero attached hydrogens (tertiary/aromatic N) is 1. The first-order valence-corrected chi connectivity index (χ1v) is 6.01. The predicted molar refractivity (Wildman–Crippen MR) is 58.8 cm³/mol. The summed E-state index contributed by atoms with van der Waals surface area (Å²) in [4.78, 5) is 10.9. The van der Waals surface area contributed by atoms with Crippen LogP contribution < -0.4 is 4.18 Å². The van der Waals surface area contributed by atoms with Crippen molar-refractivity contribution in [1.82, 2.24) is 0 Å². The summed E-state index contributed by atoms with van der Waals surface area (Å²) in [7, 11) is -2.99. The Kier molecular flexibility index (Phi) is 3.62. The van der Waals surface area contributed by atoms with Crippen molar-refractivity contribution in [2.45, 2.75) is 0 Å². The molecule has 0 heterocycles. The molecule has 0 bridgehead atoms. The van der Waals surface area contributed by atoms with Crippen molar-refractivity contribution in [1.29, 1.82) is 0 Å². The molecule has 0 saturated heterocycles. The van der Waals surface area contributed by atoms with E-state index in [4.69, 9.17) is 4.18 Å². The Morgan fingerprint density at radius 2 is 2.07 bits per heavy atom. The van der Waals surface area contributed by atoms with Crippen molar-refractivity contribution in [3.63, 3.8) is 0 Å². The first-order valence-electron chi connectivity index (χ1n) is 4.16. The summed E-state index contributed by atoms with van der Waals surface area (Å²) in [6.07, 6.45) is 2.24. The highest BCUT2D eigenvalue weighted by Crippen LogP contribution is 2.11. The lowest BCUT2D eigenvalue weighted by molar-refractivity contribution is -0.113.